The number of amides is 1. The van der Waals surface area contributed by atoms with Gasteiger partial charge in [-0.3, -0.25) is 4.79 Å². The first-order valence-electron chi connectivity index (χ1n) is 8.15. The van der Waals surface area contributed by atoms with Gasteiger partial charge < -0.3 is 9.64 Å². The van der Waals surface area contributed by atoms with Crippen molar-refractivity contribution in [3.8, 4) is 0 Å². The zero-order valence-electron chi connectivity index (χ0n) is 12.9. The lowest BCUT2D eigenvalue weighted by atomic mass is 10.0. The highest BCUT2D eigenvalue weighted by atomic mass is 16.5. The Labute approximate surface area is 127 Å². The van der Waals surface area contributed by atoms with Gasteiger partial charge in [0.15, 0.2) is 0 Å². The summed E-state index contributed by atoms with van der Waals surface area (Å²) >= 11 is 0. The maximum Gasteiger partial charge on any atom is 0.223 e. The first-order valence-corrected chi connectivity index (χ1v) is 8.15. The van der Waals surface area contributed by atoms with Crippen molar-refractivity contribution in [2.45, 2.75) is 51.7 Å². The molecule has 2 fully saturated rings. The molecule has 114 valence electrons. The minimum atomic E-state index is 0.221. The molecule has 2 aliphatic rings. The average Bonchev–Trinajstić information content (AvgIpc) is 2.92. The van der Waals surface area contributed by atoms with Gasteiger partial charge in [0, 0.05) is 19.5 Å². The lowest BCUT2D eigenvalue weighted by molar-refractivity contribution is -0.146. The fraction of sp³-hybridized carbons (Fsp3) is 0.611. The second-order valence-electron chi connectivity index (χ2n) is 6.57. The molecule has 1 aromatic carbocycles. The fourth-order valence-electron chi connectivity index (χ4n) is 3.24. The molecule has 1 saturated heterocycles. The van der Waals surface area contributed by atoms with Crippen LogP contribution in [0, 0.1) is 12.8 Å². The van der Waals surface area contributed by atoms with Crippen molar-refractivity contribution < 1.29 is 9.53 Å². The molecular weight excluding hydrogens is 262 g/mol. The molecule has 0 atom stereocenters. The molecule has 3 nitrogen and oxygen atoms in total. The van der Waals surface area contributed by atoms with Gasteiger partial charge in [-0.05, 0) is 31.2 Å². The van der Waals surface area contributed by atoms with E-state index in [-0.39, 0.29) is 6.10 Å². The molecule has 3 heteroatoms. The van der Waals surface area contributed by atoms with Crippen molar-refractivity contribution in [1.29, 1.82) is 0 Å². The number of carbonyl (C=O) groups excluding carboxylic acids is 1. The van der Waals surface area contributed by atoms with Gasteiger partial charge in [0.05, 0.1) is 12.7 Å². The van der Waals surface area contributed by atoms with Crippen LogP contribution in [-0.2, 0) is 16.1 Å². The summed E-state index contributed by atoms with van der Waals surface area (Å²) in [6.07, 6.45) is 6.07. The van der Waals surface area contributed by atoms with Crippen LogP contribution in [0.1, 0.15) is 43.2 Å². The number of aryl methyl sites for hydroxylation is 1. The zero-order valence-corrected chi connectivity index (χ0v) is 12.9. The highest BCUT2D eigenvalue weighted by Crippen LogP contribution is 2.29. The largest absolute Gasteiger partial charge is 0.370 e. The molecule has 1 aliphatic heterocycles. The lowest BCUT2D eigenvalue weighted by Crippen LogP contribution is -2.54. The van der Waals surface area contributed by atoms with Gasteiger partial charge in [-0.25, -0.2) is 0 Å². The monoisotopic (exact) mass is 287 g/mol. The van der Waals surface area contributed by atoms with Crippen molar-refractivity contribution in [2.75, 3.05) is 13.1 Å². The van der Waals surface area contributed by atoms with E-state index >= 15 is 0 Å². The van der Waals surface area contributed by atoms with E-state index in [2.05, 4.69) is 31.2 Å². The van der Waals surface area contributed by atoms with Crippen LogP contribution in [0.15, 0.2) is 24.3 Å². The number of carbonyl (C=O) groups is 1. The summed E-state index contributed by atoms with van der Waals surface area (Å²) in [6, 6.07) is 8.43. The number of rotatable bonds is 5. The van der Waals surface area contributed by atoms with Gasteiger partial charge in [-0.1, -0.05) is 42.7 Å². The molecule has 1 aromatic rings. The summed E-state index contributed by atoms with van der Waals surface area (Å²) in [5, 5.41) is 0. The minimum absolute atomic E-state index is 0.221. The summed E-state index contributed by atoms with van der Waals surface area (Å²) in [5.74, 6) is 0.974. The van der Waals surface area contributed by atoms with Crippen LogP contribution in [-0.4, -0.2) is 30.0 Å². The van der Waals surface area contributed by atoms with Crippen LogP contribution in [0.2, 0.25) is 0 Å². The van der Waals surface area contributed by atoms with Crippen LogP contribution >= 0.6 is 0 Å². The van der Waals surface area contributed by atoms with E-state index < -0.39 is 0 Å². The first kappa shape index (κ1) is 14.6. The third kappa shape index (κ3) is 3.85. The van der Waals surface area contributed by atoms with Gasteiger partial charge in [0.25, 0.3) is 0 Å². The Morgan fingerprint density at radius 3 is 2.52 bits per heavy atom. The van der Waals surface area contributed by atoms with Gasteiger partial charge in [-0.15, -0.1) is 0 Å². The van der Waals surface area contributed by atoms with E-state index in [1.807, 2.05) is 4.90 Å². The van der Waals surface area contributed by atoms with E-state index in [0.717, 1.165) is 19.5 Å². The predicted molar refractivity (Wildman–Crippen MR) is 82.9 cm³/mol. The molecule has 0 aromatic heterocycles. The van der Waals surface area contributed by atoms with Crippen molar-refractivity contribution in [2.24, 2.45) is 5.92 Å². The van der Waals surface area contributed by atoms with E-state index in [4.69, 9.17) is 4.74 Å². The molecule has 1 amide bonds. The van der Waals surface area contributed by atoms with Crippen molar-refractivity contribution in [3.05, 3.63) is 35.4 Å². The number of hydrogen-bond acceptors (Lipinski definition) is 2. The van der Waals surface area contributed by atoms with Crippen LogP contribution in [0.25, 0.3) is 0 Å². The van der Waals surface area contributed by atoms with Crippen molar-refractivity contribution in [1.82, 2.24) is 4.90 Å². The first-order chi connectivity index (χ1) is 10.2. The molecule has 0 N–H and O–H groups in total. The average molecular weight is 287 g/mol. The number of hydrogen-bond donors (Lipinski definition) is 0. The van der Waals surface area contributed by atoms with Crippen LogP contribution < -0.4 is 0 Å². The Morgan fingerprint density at radius 1 is 1.19 bits per heavy atom. The number of likely N-dealkylation sites (tertiary alicyclic amines) is 1. The fourth-order valence-corrected chi connectivity index (χ4v) is 3.24. The van der Waals surface area contributed by atoms with E-state index in [1.165, 1.54) is 36.8 Å². The summed E-state index contributed by atoms with van der Waals surface area (Å²) in [4.78, 5) is 14.1. The Balaban J connectivity index is 1.35. The SMILES string of the molecule is Cc1ccc(COC2CN(C(=O)CC3CCCC3)C2)cc1. The second kappa shape index (κ2) is 6.61. The molecule has 0 unspecified atom stereocenters. The third-order valence-corrected chi connectivity index (χ3v) is 4.75. The Morgan fingerprint density at radius 2 is 1.86 bits per heavy atom. The van der Waals surface area contributed by atoms with Gasteiger partial charge >= 0.3 is 0 Å². The molecule has 21 heavy (non-hydrogen) atoms. The standard InChI is InChI=1S/C18H25NO2/c1-14-6-8-16(9-7-14)13-21-17-11-19(12-17)18(20)10-15-4-2-3-5-15/h6-9,15,17H,2-5,10-13H2,1H3. The Bertz CT molecular complexity index is 470. The van der Waals surface area contributed by atoms with Crippen molar-refractivity contribution in [3.63, 3.8) is 0 Å². The summed E-state index contributed by atoms with van der Waals surface area (Å²) in [5.41, 5.74) is 2.47. The van der Waals surface area contributed by atoms with Crippen molar-refractivity contribution >= 4 is 5.91 Å². The highest BCUT2D eigenvalue weighted by Gasteiger charge is 2.32. The van der Waals surface area contributed by atoms with E-state index in [9.17, 15) is 4.79 Å². The lowest BCUT2D eigenvalue weighted by Gasteiger charge is -2.39. The quantitative estimate of drug-likeness (QED) is 0.831. The van der Waals surface area contributed by atoms with E-state index in [0.29, 0.717) is 18.4 Å². The maximum absolute atomic E-state index is 12.1. The summed E-state index contributed by atoms with van der Waals surface area (Å²) in [6.45, 7) is 4.29. The topological polar surface area (TPSA) is 29.5 Å². The zero-order chi connectivity index (χ0) is 14.7. The van der Waals surface area contributed by atoms with Crippen LogP contribution in [0.3, 0.4) is 0 Å². The van der Waals surface area contributed by atoms with Crippen LogP contribution in [0.5, 0.6) is 0 Å². The highest BCUT2D eigenvalue weighted by molar-refractivity contribution is 5.77. The summed E-state index contributed by atoms with van der Waals surface area (Å²) < 4.78 is 5.86. The summed E-state index contributed by atoms with van der Waals surface area (Å²) in [7, 11) is 0. The number of benzene rings is 1. The molecule has 3 rings (SSSR count). The number of ether oxygens (including phenoxy) is 1. The molecule has 1 heterocycles. The molecular formula is C18H25NO2. The molecule has 0 bridgehead atoms. The maximum atomic E-state index is 12.1. The third-order valence-electron chi connectivity index (χ3n) is 4.75. The Kier molecular flexibility index (Phi) is 4.59. The van der Waals surface area contributed by atoms with E-state index in [1.54, 1.807) is 0 Å². The predicted octanol–water partition coefficient (Wildman–Crippen LogP) is 3.30. The van der Waals surface area contributed by atoms with Gasteiger partial charge in [0.2, 0.25) is 5.91 Å². The normalized spacial score (nSPS) is 19.8. The molecule has 0 spiro atoms. The van der Waals surface area contributed by atoms with Gasteiger partial charge in [0.1, 0.15) is 0 Å². The molecule has 1 saturated carbocycles. The number of nitrogens with zero attached hydrogens (tertiary/aromatic N) is 1. The Hall–Kier alpha value is -1.35. The van der Waals surface area contributed by atoms with Gasteiger partial charge in [-0.2, -0.15) is 0 Å². The minimum Gasteiger partial charge on any atom is -0.370 e. The second-order valence-corrected chi connectivity index (χ2v) is 6.57. The smallest absolute Gasteiger partial charge is 0.223 e. The van der Waals surface area contributed by atoms with Crippen LogP contribution in [0.4, 0.5) is 0 Å². The molecule has 1 aliphatic carbocycles. The molecule has 0 radical (unpaired) electrons.